The average molecular weight is 416 g/mol. The molecule has 0 bridgehead atoms. The first-order chi connectivity index (χ1) is 13.7. The molecule has 0 radical (unpaired) electrons. The fraction of sp³-hybridized carbons (Fsp3) is 0.273. The predicted molar refractivity (Wildman–Crippen MR) is 117 cm³/mol. The second-order valence-corrected chi connectivity index (χ2v) is 8.97. The molecule has 0 unspecified atom stereocenters. The topological polar surface area (TPSA) is 107 Å². The zero-order chi connectivity index (χ0) is 21.2. The van der Waals surface area contributed by atoms with Gasteiger partial charge in [-0.1, -0.05) is 54.6 Å². The van der Waals surface area contributed by atoms with Crippen LogP contribution in [0.3, 0.4) is 0 Å². The van der Waals surface area contributed by atoms with Crippen molar-refractivity contribution in [3.05, 3.63) is 59.2 Å². The Balaban J connectivity index is 0.000000431. The SMILES string of the molecule is CC(CO)(CO)NCc1c2c3c(cccc3c3ccccc13)C=C2.CS(=O)(=O)O. The van der Waals surface area contributed by atoms with Gasteiger partial charge in [0.15, 0.2) is 0 Å². The maximum absolute atomic E-state index is 9.55. The Labute approximate surface area is 170 Å². The van der Waals surface area contributed by atoms with Crippen molar-refractivity contribution in [3.63, 3.8) is 0 Å². The Kier molecular flexibility index (Phi) is 6.07. The van der Waals surface area contributed by atoms with Crippen LogP contribution in [0.25, 0.3) is 33.7 Å². The molecule has 0 fully saturated rings. The molecule has 0 aromatic heterocycles. The zero-order valence-corrected chi connectivity index (χ0v) is 17.2. The van der Waals surface area contributed by atoms with Crippen molar-refractivity contribution in [3.8, 4) is 0 Å². The van der Waals surface area contributed by atoms with Crippen LogP contribution in [0.2, 0.25) is 0 Å². The van der Waals surface area contributed by atoms with Crippen molar-refractivity contribution < 1.29 is 23.2 Å². The van der Waals surface area contributed by atoms with Gasteiger partial charge in [0.1, 0.15) is 0 Å². The third-order valence-corrected chi connectivity index (χ3v) is 5.05. The number of fused-ring (bicyclic) bond motifs is 2. The van der Waals surface area contributed by atoms with Crippen LogP contribution in [0.15, 0.2) is 42.5 Å². The van der Waals surface area contributed by atoms with Crippen molar-refractivity contribution >= 4 is 43.8 Å². The minimum atomic E-state index is -3.67. The first kappa shape index (κ1) is 21.4. The van der Waals surface area contributed by atoms with Gasteiger partial charge >= 0.3 is 0 Å². The highest BCUT2D eigenvalue weighted by Crippen LogP contribution is 2.39. The second-order valence-electron chi connectivity index (χ2n) is 7.50. The zero-order valence-electron chi connectivity index (χ0n) is 16.4. The maximum atomic E-state index is 9.55. The molecule has 29 heavy (non-hydrogen) atoms. The van der Waals surface area contributed by atoms with E-state index in [1.165, 1.54) is 38.2 Å². The number of hydrogen-bond donors (Lipinski definition) is 4. The van der Waals surface area contributed by atoms with E-state index in [-0.39, 0.29) is 13.2 Å². The van der Waals surface area contributed by atoms with E-state index in [9.17, 15) is 18.6 Å². The fourth-order valence-electron chi connectivity index (χ4n) is 3.52. The number of benzene rings is 3. The summed E-state index contributed by atoms with van der Waals surface area (Å²) in [5.41, 5.74) is 3.02. The summed E-state index contributed by atoms with van der Waals surface area (Å²) in [6, 6.07) is 14.9. The van der Waals surface area contributed by atoms with Gasteiger partial charge in [0, 0.05) is 6.54 Å². The molecule has 154 valence electrons. The van der Waals surface area contributed by atoms with Crippen LogP contribution in [0.4, 0.5) is 0 Å². The van der Waals surface area contributed by atoms with Crippen LogP contribution in [-0.4, -0.2) is 48.2 Å². The molecule has 0 aliphatic heterocycles. The minimum Gasteiger partial charge on any atom is -0.394 e. The highest BCUT2D eigenvalue weighted by molar-refractivity contribution is 7.85. The van der Waals surface area contributed by atoms with Gasteiger partial charge in [-0.2, -0.15) is 8.42 Å². The van der Waals surface area contributed by atoms with E-state index in [1.54, 1.807) is 0 Å². The van der Waals surface area contributed by atoms with Crippen LogP contribution in [-0.2, 0) is 16.7 Å². The van der Waals surface area contributed by atoms with Crippen molar-refractivity contribution in [1.29, 1.82) is 0 Å². The lowest BCUT2D eigenvalue weighted by Gasteiger charge is -2.27. The van der Waals surface area contributed by atoms with E-state index >= 15 is 0 Å². The van der Waals surface area contributed by atoms with E-state index in [0.717, 1.165) is 0 Å². The monoisotopic (exact) mass is 415 g/mol. The minimum absolute atomic E-state index is 0.106. The number of aliphatic hydroxyl groups excluding tert-OH is 2. The summed E-state index contributed by atoms with van der Waals surface area (Å²) in [5, 5.41) is 27.5. The Hall–Kier alpha value is -2.29. The number of hydrogen-bond acceptors (Lipinski definition) is 5. The van der Waals surface area contributed by atoms with Gasteiger partial charge in [-0.15, -0.1) is 0 Å². The third-order valence-electron chi connectivity index (χ3n) is 5.05. The van der Waals surface area contributed by atoms with E-state index < -0.39 is 15.7 Å². The number of rotatable bonds is 5. The van der Waals surface area contributed by atoms with Crippen LogP contribution < -0.4 is 5.32 Å². The van der Waals surface area contributed by atoms with Crippen molar-refractivity contribution in [2.45, 2.75) is 19.0 Å². The lowest BCUT2D eigenvalue weighted by molar-refractivity contribution is 0.103. The Morgan fingerprint density at radius 1 is 0.931 bits per heavy atom. The smallest absolute Gasteiger partial charge is 0.261 e. The van der Waals surface area contributed by atoms with Gasteiger partial charge in [-0.05, 0) is 45.2 Å². The molecule has 0 atom stereocenters. The molecule has 6 nitrogen and oxygen atoms in total. The molecule has 3 aromatic rings. The van der Waals surface area contributed by atoms with Crippen LogP contribution in [0.5, 0.6) is 0 Å². The molecule has 0 amide bonds. The van der Waals surface area contributed by atoms with Gasteiger partial charge in [0.25, 0.3) is 10.1 Å². The van der Waals surface area contributed by atoms with Crippen molar-refractivity contribution in [2.75, 3.05) is 19.5 Å². The van der Waals surface area contributed by atoms with Crippen LogP contribution in [0, 0.1) is 0 Å². The molecule has 7 heteroatoms. The normalized spacial score (nSPS) is 13.0. The summed E-state index contributed by atoms with van der Waals surface area (Å²) >= 11 is 0. The summed E-state index contributed by atoms with van der Waals surface area (Å²) in [4.78, 5) is 0. The van der Waals surface area contributed by atoms with Crippen LogP contribution >= 0.6 is 0 Å². The summed E-state index contributed by atoms with van der Waals surface area (Å²) < 4.78 is 25.9. The van der Waals surface area contributed by atoms with Gasteiger partial charge in [0.2, 0.25) is 0 Å². The van der Waals surface area contributed by atoms with Gasteiger partial charge in [-0.3, -0.25) is 4.55 Å². The highest BCUT2D eigenvalue weighted by atomic mass is 32.2. The molecule has 1 aliphatic carbocycles. The first-order valence-electron chi connectivity index (χ1n) is 9.20. The standard InChI is InChI=1S/C21H21NO2.CH4O3S/c1-21(12-23,13-24)22-11-19-16-7-3-2-6-15(16)17-8-4-5-14-9-10-18(19)20(14)17;1-5(2,3)4/h2-10,22-24H,11-13H2,1H3;1H3,(H,2,3,4). The van der Waals surface area contributed by atoms with Crippen LogP contribution in [0.1, 0.15) is 23.6 Å². The van der Waals surface area contributed by atoms with E-state index in [4.69, 9.17) is 4.55 Å². The molecule has 0 saturated heterocycles. The van der Waals surface area contributed by atoms with Gasteiger partial charge < -0.3 is 15.5 Å². The average Bonchev–Trinajstić information content (AvgIpc) is 3.11. The van der Waals surface area contributed by atoms with Gasteiger partial charge in [-0.25, -0.2) is 0 Å². The summed E-state index contributed by atoms with van der Waals surface area (Å²) in [7, 11) is -3.67. The summed E-state index contributed by atoms with van der Waals surface area (Å²) in [6.45, 7) is 2.22. The maximum Gasteiger partial charge on any atom is 0.261 e. The second kappa shape index (κ2) is 8.22. The lowest BCUT2D eigenvalue weighted by Crippen LogP contribution is -2.48. The molecule has 4 rings (SSSR count). The molecule has 4 N–H and O–H groups in total. The Bertz CT molecular complexity index is 1170. The third kappa shape index (κ3) is 4.66. The van der Waals surface area contributed by atoms with Gasteiger partial charge in [0.05, 0.1) is 25.0 Å². The molecule has 1 aliphatic rings. The Morgan fingerprint density at radius 2 is 1.52 bits per heavy atom. The Morgan fingerprint density at radius 3 is 2.14 bits per heavy atom. The molecular formula is C22H25NO5S. The quantitative estimate of drug-likeness (QED) is 0.295. The molecule has 0 saturated carbocycles. The highest BCUT2D eigenvalue weighted by Gasteiger charge is 2.23. The van der Waals surface area contributed by atoms with Crippen molar-refractivity contribution in [1.82, 2.24) is 5.32 Å². The summed E-state index contributed by atoms with van der Waals surface area (Å²) in [5.74, 6) is 0. The molecule has 3 aromatic carbocycles. The number of nitrogens with one attached hydrogen (secondary N) is 1. The summed E-state index contributed by atoms with van der Waals surface area (Å²) in [6.07, 6.45) is 5.06. The largest absolute Gasteiger partial charge is 0.394 e. The molecular weight excluding hydrogens is 390 g/mol. The predicted octanol–water partition coefficient (Wildman–Crippen LogP) is 2.81. The van der Waals surface area contributed by atoms with E-state index in [1.807, 2.05) is 6.92 Å². The lowest BCUT2D eigenvalue weighted by atomic mass is 9.91. The molecule has 0 spiro atoms. The fourth-order valence-corrected chi connectivity index (χ4v) is 3.52. The van der Waals surface area contributed by atoms with E-state index in [0.29, 0.717) is 12.8 Å². The van der Waals surface area contributed by atoms with E-state index in [2.05, 4.69) is 59.9 Å². The first-order valence-corrected chi connectivity index (χ1v) is 11.1. The number of aliphatic hydroxyl groups is 2. The molecule has 0 heterocycles. The van der Waals surface area contributed by atoms with Crippen molar-refractivity contribution in [2.24, 2.45) is 0 Å².